The van der Waals surface area contributed by atoms with E-state index in [0.29, 0.717) is 33.6 Å². The molecule has 0 saturated heterocycles. The van der Waals surface area contributed by atoms with Crippen LogP contribution in [-0.2, 0) is 0 Å². The molecule has 6 rings (SSSR count). The number of rotatable bonds is 9. The normalized spacial score (nSPS) is 10.8. The molecular formula is C39H25NO8. The molecular weight excluding hydrogens is 610 g/mol. The summed E-state index contributed by atoms with van der Waals surface area (Å²) in [5.41, 5.74) is 5.66. The fraction of sp³-hybridized carbons (Fsp3) is 0. The van der Waals surface area contributed by atoms with Crippen LogP contribution in [-0.4, -0.2) is 49.3 Å². The maximum absolute atomic E-state index is 11.9. The Bertz CT molecular complexity index is 2260. The lowest BCUT2D eigenvalue weighted by Crippen LogP contribution is -2.08. The second-order valence-corrected chi connectivity index (χ2v) is 10.9. The number of carboxylic acids is 4. The highest BCUT2D eigenvalue weighted by atomic mass is 16.4. The first-order valence-electron chi connectivity index (χ1n) is 14.6. The summed E-state index contributed by atoms with van der Waals surface area (Å²) in [6, 6.07) is 36.6. The molecule has 1 heterocycles. The van der Waals surface area contributed by atoms with E-state index in [1.807, 2.05) is 78.9 Å². The van der Waals surface area contributed by atoms with E-state index >= 15 is 0 Å². The fourth-order valence-corrected chi connectivity index (χ4v) is 5.57. The lowest BCUT2D eigenvalue weighted by atomic mass is 9.94. The van der Waals surface area contributed by atoms with Crippen LogP contribution >= 0.6 is 0 Å². The number of carbonyl (C=O) groups is 4. The van der Waals surface area contributed by atoms with Crippen LogP contribution in [0.5, 0.6) is 0 Å². The molecule has 9 nitrogen and oxygen atoms in total. The number of aromatic carboxylic acids is 4. The monoisotopic (exact) mass is 635 g/mol. The van der Waals surface area contributed by atoms with E-state index in [-0.39, 0.29) is 22.3 Å². The Kier molecular flexibility index (Phi) is 8.34. The molecule has 0 amide bonds. The highest BCUT2D eigenvalue weighted by molar-refractivity contribution is 6.03. The minimum Gasteiger partial charge on any atom is -0.478 e. The predicted molar refractivity (Wildman–Crippen MR) is 179 cm³/mol. The molecule has 0 fully saturated rings. The summed E-state index contributed by atoms with van der Waals surface area (Å²) in [5, 5.41) is 38.2. The molecule has 0 aliphatic carbocycles. The maximum Gasteiger partial charge on any atom is 0.336 e. The van der Waals surface area contributed by atoms with Gasteiger partial charge >= 0.3 is 23.9 Å². The van der Waals surface area contributed by atoms with E-state index in [4.69, 9.17) is 4.98 Å². The summed E-state index contributed by atoms with van der Waals surface area (Å²) in [6.07, 6.45) is 0. The Labute approximate surface area is 273 Å². The lowest BCUT2D eigenvalue weighted by molar-refractivity contribution is 0.0651. The molecule has 234 valence electrons. The van der Waals surface area contributed by atoms with Gasteiger partial charge in [0.2, 0.25) is 0 Å². The first kappa shape index (κ1) is 31.1. The Morgan fingerprint density at radius 1 is 0.375 bits per heavy atom. The van der Waals surface area contributed by atoms with Crippen molar-refractivity contribution in [1.82, 2.24) is 4.98 Å². The van der Waals surface area contributed by atoms with Crippen molar-refractivity contribution in [2.45, 2.75) is 0 Å². The van der Waals surface area contributed by atoms with Crippen LogP contribution in [0.3, 0.4) is 0 Å². The number of hydrogen-bond donors (Lipinski definition) is 4. The van der Waals surface area contributed by atoms with Crippen molar-refractivity contribution in [2.24, 2.45) is 0 Å². The summed E-state index contributed by atoms with van der Waals surface area (Å²) in [7, 11) is 0. The van der Waals surface area contributed by atoms with Crippen LogP contribution in [0.1, 0.15) is 41.4 Å². The average molecular weight is 636 g/mol. The van der Waals surface area contributed by atoms with Crippen LogP contribution in [0.15, 0.2) is 127 Å². The zero-order valence-corrected chi connectivity index (χ0v) is 25.0. The Balaban J connectivity index is 1.47. The standard InChI is InChI=1S/C39H25NO8/c41-36(42)30-14-12-25(20-32(30)38(45)46)23-8-4-10-27(18-23)34-17-16-29(22-6-2-1-3-7-22)35(40-34)28-11-5-9-24(19-28)26-13-15-31(37(43)44)33(21-26)39(47)48/h1-21H,(H,41,42)(H,43,44)(H,45,46)(H,47,48). The smallest absolute Gasteiger partial charge is 0.336 e. The number of benzene rings is 5. The van der Waals surface area contributed by atoms with Crippen molar-refractivity contribution in [3.63, 3.8) is 0 Å². The lowest BCUT2D eigenvalue weighted by Gasteiger charge is -2.14. The molecule has 6 aromatic rings. The Morgan fingerprint density at radius 2 is 0.812 bits per heavy atom. The summed E-state index contributed by atoms with van der Waals surface area (Å²) in [6.45, 7) is 0. The van der Waals surface area contributed by atoms with Crippen molar-refractivity contribution < 1.29 is 39.6 Å². The summed E-state index contributed by atoms with van der Waals surface area (Å²) < 4.78 is 0. The van der Waals surface area contributed by atoms with Gasteiger partial charge in [0.15, 0.2) is 0 Å². The van der Waals surface area contributed by atoms with Crippen molar-refractivity contribution >= 4 is 23.9 Å². The second-order valence-electron chi connectivity index (χ2n) is 10.9. The van der Waals surface area contributed by atoms with Crippen LogP contribution in [0.25, 0.3) is 55.9 Å². The number of nitrogens with zero attached hydrogens (tertiary/aromatic N) is 1. The van der Waals surface area contributed by atoms with Gasteiger partial charge in [0.05, 0.1) is 33.6 Å². The van der Waals surface area contributed by atoms with Gasteiger partial charge in [-0.2, -0.15) is 0 Å². The fourth-order valence-electron chi connectivity index (χ4n) is 5.57. The second kappa shape index (κ2) is 12.9. The first-order valence-corrected chi connectivity index (χ1v) is 14.6. The van der Waals surface area contributed by atoms with Gasteiger partial charge in [0, 0.05) is 16.7 Å². The average Bonchev–Trinajstić information content (AvgIpc) is 3.11. The zero-order valence-electron chi connectivity index (χ0n) is 25.0. The third-order valence-corrected chi connectivity index (χ3v) is 7.90. The minimum atomic E-state index is -1.34. The molecule has 0 aliphatic heterocycles. The number of carboxylic acid groups (broad SMARTS) is 4. The van der Waals surface area contributed by atoms with E-state index < -0.39 is 23.9 Å². The number of aromatic nitrogens is 1. The molecule has 1 aromatic heterocycles. The van der Waals surface area contributed by atoms with Crippen LogP contribution < -0.4 is 0 Å². The number of hydrogen-bond acceptors (Lipinski definition) is 5. The van der Waals surface area contributed by atoms with Crippen LogP contribution in [0.2, 0.25) is 0 Å². The molecule has 0 radical (unpaired) electrons. The number of pyridine rings is 1. The first-order chi connectivity index (χ1) is 23.1. The molecule has 0 bridgehead atoms. The quantitative estimate of drug-likeness (QED) is 0.123. The summed E-state index contributed by atoms with van der Waals surface area (Å²) in [5.74, 6) is -5.34. The van der Waals surface area contributed by atoms with Gasteiger partial charge in [-0.1, -0.05) is 84.9 Å². The Morgan fingerprint density at radius 3 is 1.33 bits per heavy atom. The van der Waals surface area contributed by atoms with E-state index in [1.54, 1.807) is 24.3 Å². The van der Waals surface area contributed by atoms with Gasteiger partial charge in [0.1, 0.15) is 0 Å². The summed E-state index contributed by atoms with van der Waals surface area (Å²) in [4.78, 5) is 51.9. The molecule has 0 aliphatic rings. The molecule has 5 aromatic carbocycles. The zero-order chi connectivity index (χ0) is 33.9. The van der Waals surface area contributed by atoms with Gasteiger partial charge in [-0.05, 0) is 70.3 Å². The third-order valence-electron chi connectivity index (χ3n) is 7.90. The van der Waals surface area contributed by atoms with Crippen molar-refractivity contribution in [2.75, 3.05) is 0 Å². The van der Waals surface area contributed by atoms with Crippen LogP contribution in [0.4, 0.5) is 0 Å². The molecule has 4 N–H and O–H groups in total. The van der Waals surface area contributed by atoms with E-state index in [2.05, 4.69) is 0 Å². The highest BCUT2D eigenvalue weighted by Gasteiger charge is 2.19. The molecule has 48 heavy (non-hydrogen) atoms. The molecule has 0 atom stereocenters. The van der Waals surface area contributed by atoms with Crippen molar-refractivity contribution in [3.05, 3.63) is 150 Å². The van der Waals surface area contributed by atoms with Gasteiger partial charge in [-0.25, -0.2) is 24.2 Å². The van der Waals surface area contributed by atoms with Crippen molar-refractivity contribution in [3.8, 4) is 55.9 Å². The van der Waals surface area contributed by atoms with Crippen molar-refractivity contribution in [1.29, 1.82) is 0 Å². The molecule has 9 heteroatoms. The van der Waals surface area contributed by atoms with Gasteiger partial charge in [-0.15, -0.1) is 0 Å². The van der Waals surface area contributed by atoms with E-state index in [1.165, 1.54) is 24.3 Å². The topological polar surface area (TPSA) is 162 Å². The largest absolute Gasteiger partial charge is 0.478 e. The SMILES string of the molecule is O=C(O)c1ccc(-c2cccc(-c3ccc(-c4ccccc4)c(-c4cccc(-c5ccc(C(=O)O)c(C(=O)O)c5)c4)n3)c2)cc1C(=O)O. The predicted octanol–water partition coefficient (Wildman–Crippen LogP) is 8.21. The minimum absolute atomic E-state index is 0.301. The third kappa shape index (κ3) is 6.16. The maximum atomic E-state index is 11.9. The van der Waals surface area contributed by atoms with E-state index in [0.717, 1.165) is 22.3 Å². The van der Waals surface area contributed by atoms with Crippen LogP contribution in [0, 0.1) is 0 Å². The molecule has 0 unspecified atom stereocenters. The summed E-state index contributed by atoms with van der Waals surface area (Å²) >= 11 is 0. The molecule has 0 spiro atoms. The highest BCUT2D eigenvalue weighted by Crippen LogP contribution is 2.36. The van der Waals surface area contributed by atoms with Gasteiger partial charge in [0.25, 0.3) is 0 Å². The molecule has 0 saturated carbocycles. The van der Waals surface area contributed by atoms with Gasteiger partial charge in [-0.3, -0.25) is 0 Å². The van der Waals surface area contributed by atoms with Gasteiger partial charge < -0.3 is 20.4 Å². The Hall–Kier alpha value is -6.87. The van der Waals surface area contributed by atoms with E-state index in [9.17, 15) is 39.6 Å².